The molecule has 120 valence electrons. The van der Waals surface area contributed by atoms with Crippen LogP contribution in [-0.2, 0) is 6.54 Å². The molecular formula is C16H23IN4O. The second-order valence-electron chi connectivity index (χ2n) is 5.01. The van der Waals surface area contributed by atoms with E-state index in [0.29, 0.717) is 24.9 Å². The van der Waals surface area contributed by atoms with Crippen LogP contribution in [0.25, 0.3) is 0 Å². The van der Waals surface area contributed by atoms with Gasteiger partial charge in [0.05, 0.1) is 19.7 Å². The maximum absolute atomic E-state index is 5.67. The fourth-order valence-electron chi connectivity index (χ4n) is 1.76. The molecule has 1 heterocycles. The number of aromatic nitrogens is 1. The van der Waals surface area contributed by atoms with E-state index in [-0.39, 0.29) is 24.0 Å². The minimum Gasteiger partial charge on any atom is -0.477 e. The van der Waals surface area contributed by atoms with Gasteiger partial charge in [0.1, 0.15) is 0 Å². The van der Waals surface area contributed by atoms with Crippen LogP contribution in [0.4, 0.5) is 0 Å². The smallest absolute Gasteiger partial charge is 0.213 e. The first-order valence-electron chi connectivity index (χ1n) is 7.35. The van der Waals surface area contributed by atoms with Crippen LogP contribution in [-0.4, -0.2) is 30.6 Å². The molecule has 1 aliphatic rings. The lowest BCUT2D eigenvalue weighted by atomic mass is 10.3. The standard InChI is InChI=1S/C16H22N4O.HI/c1-3-8-19-16(17-4-2)20-11-14-7-9-18-15(10-14)21-12-13-5-6-13;/h1,7,9-10,13H,4-6,8,11-12H2,2H3,(H2,17,19,20);1H. The lowest BCUT2D eigenvalue weighted by Gasteiger charge is -2.09. The molecule has 0 spiro atoms. The Labute approximate surface area is 149 Å². The predicted octanol–water partition coefficient (Wildman–Crippen LogP) is 2.18. The Morgan fingerprint density at radius 1 is 1.50 bits per heavy atom. The van der Waals surface area contributed by atoms with Crippen LogP contribution in [0.2, 0.25) is 0 Å². The van der Waals surface area contributed by atoms with Gasteiger partial charge in [0, 0.05) is 18.8 Å². The van der Waals surface area contributed by atoms with Crippen molar-refractivity contribution in [2.45, 2.75) is 26.3 Å². The maximum atomic E-state index is 5.67. The fourth-order valence-corrected chi connectivity index (χ4v) is 1.76. The molecule has 6 heteroatoms. The number of aliphatic imine (C=N–C) groups is 1. The zero-order valence-electron chi connectivity index (χ0n) is 12.8. The van der Waals surface area contributed by atoms with Crippen molar-refractivity contribution in [2.75, 3.05) is 19.7 Å². The summed E-state index contributed by atoms with van der Waals surface area (Å²) in [6.45, 7) is 4.60. The van der Waals surface area contributed by atoms with E-state index in [1.807, 2.05) is 19.1 Å². The number of nitrogens with zero attached hydrogens (tertiary/aromatic N) is 2. The van der Waals surface area contributed by atoms with E-state index in [4.69, 9.17) is 11.2 Å². The van der Waals surface area contributed by atoms with Gasteiger partial charge in [-0.05, 0) is 37.3 Å². The second-order valence-corrected chi connectivity index (χ2v) is 5.01. The van der Waals surface area contributed by atoms with Crippen LogP contribution in [0, 0.1) is 18.3 Å². The average molecular weight is 414 g/mol. The van der Waals surface area contributed by atoms with E-state index < -0.39 is 0 Å². The van der Waals surface area contributed by atoms with Gasteiger partial charge in [0.15, 0.2) is 5.96 Å². The number of guanidine groups is 1. The predicted molar refractivity (Wildman–Crippen MR) is 99.5 cm³/mol. The summed E-state index contributed by atoms with van der Waals surface area (Å²) in [7, 11) is 0. The summed E-state index contributed by atoms with van der Waals surface area (Å²) in [5, 5.41) is 6.21. The molecule has 0 saturated heterocycles. The molecule has 0 bridgehead atoms. The highest BCUT2D eigenvalue weighted by atomic mass is 127. The normalized spacial score (nSPS) is 13.7. The van der Waals surface area contributed by atoms with E-state index in [0.717, 1.165) is 24.6 Å². The SMILES string of the molecule is C#CCNC(=NCc1ccnc(OCC2CC2)c1)NCC.I. The molecule has 0 amide bonds. The van der Waals surface area contributed by atoms with Gasteiger partial charge < -0.3 is 15.4 Å². The molecule has 1 aromatic heterocycles. The van der Waals surface area contributed by atoms with Crippen molar-refractivity contribution >= 4 is 29.9 Å². The molecule has 2 rings (SSSR count). The molecule has 2 N–H and O–H groups in total. The molecule has 0 aromatic carbocycles. The molecule has 1 fully saturated rings. The van der Waals surface area contributed by atoms with E-state index in [2.05, 4.69) is 26.5 Å². The maximum Gasteiger partial charge on any atom is 0.213 e. The molecule has 22 heavy (non-hydrogen) atoms. The summed E-state index contributed by atoms with van der Waals surface area (Å²) in [6, 6.07) is 3.88. The lowest BCUT2D eigenvalue weighted by molar-refractivity contribution is 0.288. The lowest BCUT2D eigenvalue weighted by Crippen LogP contribution is -2.37. The van der Waals surface area contributed by atoms with Crippen molar-refractivity contribution in [3.05, 3.63) is 23.9 Å². The van der Waals surface area contributed by atoms with E-state index in [9.17, 15) is 0 Å². The van der Waals surface area contributed by atoms with Gasteiger partial charge >= 0.3 is 0 Å². The molecule has 0 aliphatic heterocycles. The second kappa shape index (κ2) is 10.3. The third-order valence-corrected chi connectivity index (χ3v) is 3.08. The van der Waals surface area contributed by atoms with E-state index in [1.165, 1.54) is 12.8 Å². The summed E-state index contributed by atoms with van der Waals surface area (Å²) >= 11 is 0. The first-order chi connectivity index (χ1) is 10.3. The number of pyridine rings is 1. The van der Waals surface area contributed by atoms with Crippen molar-refractivity contribution < 1.29 is 4.74 Å². The molecule has 0 radical (unpaired) electrons. The Morgan fingerprint density at radius 3 is 3.00 bits per heavy atom. The number of nitrogens with one attached hydrogen (secondary N) is 2. The van der Waals surface area contributed by atoms with Crippen LogP contribution in [0.15, 0.2) is 23.3 Å². The third-order valence-electron chi connectivity index (χ3n) is 3.08. The van der Waals surface area contributed by atoms with Crippen molar-refractivity contribution in [1.29, 1.82) is 0 Å². The third kappa shape index (κ3) is 6.98. The van der Waals surface area contributed by atoms with Crippen molar-refractivity contribution in [3.63, 3.8) is 0 Å². The Bertz CT molecular complexity index is 523. The number of terminal acetylenes is 1. The van der Waals surface area contributed by atoms with Crippen LogP contribution < -0.4 is 15.4 Å². The van der Waals surface area contributed by atoms with Crippen LogP contribution >= 0.6 is 24.0 Å². The van der Waals surface area contributed by atoms with Gasteiger partial charge in [-0.25, -0.2) is 9.98 Å². The van der Waals surface area contributed by atoms with Crippen molar-refractivity contribution in [2.24, 2.45) is 10.9 Å². The molecule has 1 saturated carbocycles. The highest BCUT2D eigenvalue weighted by Gasteiger charge is 2.22. The Balaban J connectivity index is 0.00000242. The first kappa shape index (κ1) is 18.6. The molecule has 1 aliphatic carbocycles. The summed E-state index contributed by atoms with van der Waals surface area (Å²) < 4.78 is 5.67. The summed E-state index contributed by atoms with van der Waals surface area (Å²) in [6.07, 6.45) is 9.55. The number of ether oxygens (including phenoxy) is 1. The Hall–Kier alpha value is -1.49. The molecule has 0 unspecified atom stereocenters. The highest BCUT2D eigenvalue weighted by Crippen LogP contribution is 2.29. The van der Waals surface area contributed by atoms with Crippen LogP contribution in [0.5, 0.6) is 5.88 Å². The highest BCUT2D eigenvalue weighted by molar-refractivity contribution is 14.0. The monoisotopic (exact) mass is 414 g/mol. The zero-order chi connectivity index (χ0) is 14.9. The fraction of sp³-hybridized carbons (Fsp3) is 0.500. The van der Waals surface area contributed by atoms with Gasteiger partial charge in [0.2, 0.25) is 5.88 Å². The van der Waals surface area contributed by atoms with Crippen molar-refractivity contribution in [3.8, 4) is 18.2 Å². The van der Waals surface area contributed by atoms with Gasteiger partial charge in [-0.1, -0.05) is 5.92 Å². The number of hydrogen-bond donors (Lipinski definition) is 2. The summed E-state index contributed by atoms with van der Waals surface area (Å²) in [5.41, 5.74) is 1.06. The topological polar surface area (TPSA) is 58.5 Å². The Morgan fingerprint density at radius 2 is 2.32 bits per heavy atom. The van der Waals surface area contributed by atoms with Crippen LogP contribution in [0.3, 0.4) is 0 Å². The zero-order valence-corrected chi connectivity index (χ0v) is 15.2. The summed E-state index contributed by atoms with van der Waals surface area (Å²) in [4.78, 5) is 8.71. The van der Waals surface area contributed by atoms with E-state index in [1.54, 1.807) is 6.20 Å². The Kier molecular flexibility index (Phi) is 8.67. The number of halogens is 1. The number of rotatable bonds is 7. The van der Waals surface area contributed by atoms with Gasteiger partial charge in [0.25, 0.3) is 0 Å². The van der Waals surface area contributed by atoms with Crippen LogP contribution in [0.1, 0.15) is 25.3 Å². The molecule has 5 nitrogen and oxygen atoms in total. The van der Waals surface area contributed by atoms with Gasteiger partial charge in [-0.3, -0.25) is 0 Å². The minimum absolute atomic E-state index is 0. The molecular weight excluding hydrogens is 391 g/mol. The quantitative estimate of drug-likeness (QED) is 0.311. The summed E-state index contributed by atoms with van der Waals surface area (Å²) in [5.74, 6) is 4.65. The molecule has 0 atom stereocenters. The average Bonchev–Trinajstić information content (AvgIpc) is 3.33. The first-order valence-corrected chi connectivity index (χ1v) is 7.35. The largest absolute Gasteiger partial charge is 0.477 e. The van der Waals surface area contributed by atoms with Gasteiger partial charge in [-0.2, -0.15) is 0 Å². The van der Waals surface area contributed by atoms with Gasteiger partial charge in [-0.15, -0.1) is 30.4 Å². The van der Waals surface area contributed by atoms with E-state index >= 15 is 0 Å². The number of hydrogen-bond acceptors (Lipinski definition) is 3. The minimum atomic E-state index is 0. The molecule has 1 aromatic rings. The van der Waals surface area contributed by atoms with Crippen molar-refractivity contribution in [1.82, 2.24) is 15.6 Å².